The molecule has 0 amide bonds. The molecule has 0 N–H and O–H groups in total. The maximum absolute atomic E-state index is 12.0. The Bertz CT molecular complexity index is 776. The average Bonchev–Trinajstić information content (AvgIpc) is 2.91. The van der Waals surface area contributed by atoms with Crippen molar-refractivity contribution in [2.75, 3.05) is 10.6 Å². The molecule has 0 radical (unpaired) electrons. The van der Waals surface area contributed by atoms with Gasteiger partial charge in [0, 0.05) is 5.38 Å². The third-order valence-electron chi connectivity index (χ3n) is 2.87. The average molecular weight is 321 g/mol. The van der Waals surface area contributed by atoms with Gasteiger partial charge in [-0.25, -0.2) is 13.4 Å². The fraction of sp³-hybridized carbons (Fsp3) is 0.286. The summed E-state index contributed by atoms with van der Waals surface area (Å²) in [6, 6.07) is 8.57. The second kappa shape index (κ2) is 6.24. The Morgan fingerprint density at radius 3 is 2.76 bits per heavy atom. The number of nitrogens with zero attached hydrogens (tertiary/aromatic N) is 3. The van der Waals surface area contributed by atoms with Crippen molar-refractivity contribution < 1.29 is 8.42 Å². The molecule has 5 nitrogen and oxygen atoms in total. The molecule has 110 valence electrons. The number of anilines is 1. The molecule has 0 aliphatic heterocycles. The molecule has 1 heterocycles. The molecule has 21 heavy (non-hydrogen) atoms. The van der Waals surface area contributed by atoms with Crippen LogP contribution in [0.4, 0.5) is 5.69 Å². The molecule has 0 saturated carbocycles. The number of benzene rings is 1. The first-order valence-electron chi connectivity index (χ1n) is 6.35. The molecule has 7 heteroatoms. The van der Waals surface area contributed by atoms with Crippen molar-refractivity contribution in [3.63, 3.8) is 0 Å². The minimum atomic E-state index is -3.45. The summed E-state index contributed by atoms with van der Waals surface area (Å²) in [7, 11) is -3.45. The van der Waals surface area contributed by atoms with E-state index in [2.05, 4.69) is 4.98 Å². The first-order chi connectivity index (χ1) is 9.94. The Morgan fingerprint density at radius 1 is 1.43 bits per heavy atom. The Balaban J connectivity index is 2.37. The van der Waals surface area contributed by atoms with Crippen LogP contribution in [0.1, 0.15) is 23.2 Å². The van der Waals surface area contributed by atoms with Crippen molar-refractivity contribution in [1.82, 2.24) is 4.98 Å². The number of hydrogen-bond donors (Lipinski definition) is 0. The summed E-state index contributed by atoms with van der Waals surface area (Å²) in [4.78, 5) is 4.40. The first kappa shape index (κ1) is 15.5. The van der Waals surface area contributed by atoms with Crippen molar-refractivity contribution in [2.24, 2.45) is 0 Å². The van der Waals surface area contributed by atoms with Gasteiger partial charge in [0.1, 0.15) is 0 Å². The van der Waals surface area contributed by atoms with Crippen LogP contribution in [0.5, 0.6) is 0 Å². The van der Waals surface area contributed by atoms with Crippen LogP contribution in [0, 0.1) is 11.3 Å². The Labute approximate surface area is 128 Å². The number of thiazole rings is 1. The molecule has 0 atom stereocenters. The van der Waals surface area contributed by atoms with Crippen molar-refractivity contribution in [3.8, 4) is 6.07 Å². The molecular weight excluding hydrogens is 306 g/mol. The van der Waals surface area contributed by atoms with Crippen molar-refractivity contribution >= 4 is 27.0 Å². The minimum Gasteiger partial charge on any atom is -0.264 e. The van der Waals surface area contributed by atoms with Crippen LogP contribution in [0.25, 0.3) is 0 Å². The van der Waals surface area contributed by atoms with Gasteiger partial charge in [-0.3, -0.25) is 4.31 Å². The van der Waals surface area contributed by atoms with Gasteiger partial charge in [0.2, 0.25) is 10.0 Å². The SMILES string of the molecule is CCc1nc(CN(c2cccc(C#N)c2)S(C)(=O)=O)cs1. The van der Waals surface area contributed by atoms with Gasteiger partial charge in [-0.05, 0) is 24.6 Å². The van der Waals surface area contributed by atoms with E-state index in [9.17, 15) is 8.42 Å². The zero-order chi connectivity index (χ0) is 15.5. The van der Waals surface area contributed by atoms with Crippen molar-refractivity contribution in [3.05, 3.63) is 45.9 Å². The Kier molecular flexibility index (Phi) is 4.60. The highest BCUT2D eigenvalue weighted by atomic mass is 32.2. The smallest absolute Gasteiger partial charge is 0.232 e. The third-order valence-corrected chi connectivity index (χ3v) is 5.05. The highest BCUT2D eigenvalue weighted by Gasteiger charge is 2.19. The van der Waals surface area contributed by atoms with Gasteiger partial charge in [0.25, 0.3) is 0 Å². The van der Waals surface area contributed by atoms with E-state index >= 15 is 0 Å². The van der Waals surface area contributed by atoms with Crippen LogP contribution >= 0.6 is 11.3 Å². The van der Waals surface area contributed by atoms with Crippen LogP contribution in [-0.4, -0.2) is 19.7 Å². The summed E-state index contributed by atoms with van der Waals surface area (Å²) < 4.78 is 25.3. The van der Waals surface area contributed by atoms with E-state index < -0.39 is 10.0 Å². The maximum atomic E-state index is 12.0. The summed E-state index contributed by atoms with van der Waals surface area (Å²) >= 11 is 1.52. The van der Waals surface area contributed by atoms with E-state index in [4.69, 9.17) is 5.26 Å². The molecule has 0 fully saturated rings. The number of aromatic nitrogens is 1. The van der Waals surface area contributed by atoms with E-state index in [1.54, 1.807) is 24.3 Å². The first-order valence-corrected chi connectivity index (χ1v) is 9.08. The highest BCUT2D eigenvalue weighted by molar-refractivity contribution is 7.92. The molecule has 0 unspecified atom stereocenters. The lowest BCUT2D eigenvalue weighted by Crippen LogP contribution is -2.29. The summed E-state index contributed by atoms with van der Waals surface area (Å²) in [5.41, 5.74) is 1.61. The topological polar surface area (TPSA) is 74.1 Å². The van der Waals surface area contributed by atoms with Crippen LogP contribution in [0.3, 0.4) is 0 Å². The molecule has 2 aromatic rings. The second-order valence-corrected chi connectivity index (χ2v) is 7.37. The lowest BCUT2D eigenvalue weighted by atomic mass is 10.2. The standard InChI is InChI=1S/C14H15N3O2S2/c1-3-14-16-12(10-20-14)9-17(21(2,18)19)13-6-4-5-11(7-13)8-15/h4-7,10H,3,9H2,1-2H3. The lowest BCUT2D eigenvalue weighted by Gasteiger charge is -2.21. The van der Waals surface area contributed by atoms with E-state index in [-0.39, 0.29) is 6.54 Å². The minimum absolute atomic E-state index is 0.171. The van der Waals surface area contributed by atoms with Gasteiger partial charge >= 0.3 is 0 Å². The van der Waals surface area contributed by atoms with E-state index in [0.29, 0.717) is 16.9 Å². The monoisotopic (exact) mass is 321 g/mol. The highest BCUT2D eigenvalue weighted by Crippen LogP contribution is 2.22. The fourth-order valence-corrected chi connectivity index (χ4v) is 3.46. The van der Waals surface area contributed by atoms with Crippen LogP contribution < -0.4 is 4.31 Å². The summed E-state index contributed by atoms with van der Waals surface area (Å²) in [5.74, 6) is 0. The summed E-state index contributed by atoms with van der Waals surface area (Å²) in [5, 5.41) is 11.8. The third kappa shape index (κ3) is 3.80. The van der Waals surface area contributed by atoms with E-state index in [1.165, 1.54) is 15.6 Å². The molecule has 1 aromatic carbocycles. The van der Waals surface area contributed by atoms with Gasteiger partial charge in [0.15, 0.2) is 0 Å². The normalized spacial score (nSPS) is 11.1. The molecule has 0 aliphatic carbocycles. The van der Waals surface area contributed by atoms with E-state index in [1.807, 2.05) is 18.4 Å². The van der Waals surface area contributed by atoms with Crippen LogP contribution in [0.2, 0.25) is 0 Å². The zero-order valence-electron chi connectivity index (χ0n) is 11.8. The lowest BCUT2D eigenvalue weighted by molar-refractivity contribution is 0.596. The second-order valence-electron chi connectivity index (χ2n) is 4.52. The molecule has 0 aliphatic rings. The Morgan fingerprint density at radius 2 is 2.19 bits per heavy atom. The number of rotatable bonds is 5. The van der Waals surface area contributed by atoms with Crippen molar-refractivity contribution in [1.29, 1.82) is 5.26 Å². The number of nitriles is 1. The van der Waals surface area contributed by atoms with Crippen LogP contribution in [0.15, 0.2) is 29.6 Å². The molecule has 0 saturated heterocycles. The number of sulfonamides is 1. The molecule has 0 spiro atoms. The molecule has 1 aromatic heterocycles. The maximum Gasteiger partial charge on any atom is 0.232 e. The predicted molar refractivity (Wildman–Crippen MR) is 83.7 cm³/mol. The van der Waals surface area contributed by atoms with Crippen molar-refractivity contribution in [2.45, 2.75) is 19.9 Å². The van der Waals surface area contributed by atoms with Gasteiger partial charge in [-0.1, -0.05) is 13.0 Å². The van der Waals surface area contributed by atoms with Gasteiger partial charge in [-0.2, -0.15) is 5.26 Å². The summed E-state index contributed by atoms with van der Waals surface area (Å²) in [6.45, 7) is 2.18. The van der Waals surface area contributed by atoms with Gasteiger partial charge < -0.3 is 0 Å². The van der Waals surface area contributed by atoms with Crippen LogP contribution in [-0.2, 0) is 23.0 Å². The quantitative estimate of drug-likeness (QED) is 0.848. The van der Waals surface area contributed by atoms with Gasteiger partial charge in [0.05, 0.1) is 40.8 Å². The fourth-order valence-electron chi connectivity index (χ4n) is 1.86. The predicted octanol–water partition coefficient (Wildman–Crippen LogP) is 2.54. The summed E-state index contributed by atoms with van der Waals surface area (Å²) in [6.07, 6.45) is 1.98. The molecule has 2 rings (SSSR count). The van der Waals surface area contributed by atoms with Gasteiger partial charge in [-0.15, -0.1) is 11.3 Å². The largest absolute Gasteiger partial charge is 0.264 e. The molecule has 0 bridgehead atoms. The Hall–Kier alpha value is -1.91. The molecular formula is C14H15N3O2S2. The number of hydrogen-bond acceptors (Lipinski definition) is 5. The zero-order valence-corrected chi connectivity index (χ0v) is 13.4. The number of aryl methyl sites for hydroxylation is 1. The van der Waals surface area contributed by atoms with E-state index in [0.717, 1.165) is 17.7 Å².